The fraction of sp³-hybridized carbons (Fsp3) is 0.241. The van der Waals surface area contributed by atoms with Crippen LogP contribution in [0.5, 0.6) is 11.5 Å². The Morgan fingerprint density at radius 2 is 1.21 bits per heavy atom. The maximum Gasteiger partial charge on any atom is 0.161 e. The third kappa shape index (κ3) is 4.76. The van der Waals surface area contributed by atoms with Crippen molar-refractivity contribution < 1.29 is 14.0 Å². The van der Waals surface area contributed by atoms with Crippen molar-refractivity contribution in [2.24, 2.45) is 0 Å². The molecule has 0 radical (unpaired) electrons. The second-order valence-corrected chi connectivity index (χ2v) is 9.75. The van der Waals surface area contributed by atoms with Crippen LogP contribution in [-0.4, -0.2) is 55.2 Å². The third-order valence-electron chi connectivity index (χ3n) is 7.18. The summed E-state index contributed by atoms with van der Waals surface area (Å²) in [5, 5.41) is 17.9. The number of quaternary nitrogens is 1. The normalized spacial score (nSPS) is 14.2. The van der Waals surface area contributed by atoms with Gasteiger partial charge in [-0.2, -0.15) is 0 Å². The van der Waals surface area contributed by atoms with Crippen molar-refractivity contribution in [3.8, 4) is 22.9 Å². The summed E-state index contributed by atoms with van der Waals surface area (Å²) in [6.07, 6.45) is 4.97. The largest absolute Gasteiger partial charge is 0.493 e. The predicted molar refractivity (Wildman–Crippen MR) is 142 cm³/mol. The van der Waals surface area contributed by atoms with Crippen molar-refractivity contribution in [1.29, 1.82) is 0 Å². The van der Waals surface area contributed by atoms with E-state index in [4.69, 9.17) is 9.47 Å². The van der Waals surface area contributed by atoms with Crippen LogP contribution in [0.4, 0.5) is 0 Å². The van der Waals surface area contributed by atoms with Crippen LogP contribution in [0, 0.1) is 0 Å². The van der Waals surface area contributed by atoms with E-state index < -0.39 is 0 Å². The quantitative estimate of drug-likeness (QED) is 0.293. The Kier molecular flexibility index (Phi) is 6.35. The fourth-order valence-electron chi connectivity index (χ4n) is 5.31. The van der Waals surface area contributed by atoms with Gasteiger partial charge in [0.1, 0.15) is 31.0 Å². The zero-order valence-electron chi connectivity index (χ0n) is 21.6. The lowest BCUT2D eigenvalue weighted by Crippen LogP contribution is -2.49. The molecule has 192 valence electrons. The van der Waals surface area contributed by atoms with Gasteiger partial charge in [-0.25, -0.2) is 9.36 Å². The Bertz CT molecular complexity index is 1450. The lowest BCUT2D eigenvalue weighted by Gasteiger charge is -2.41. The summed E-state index contributed by atoms with van der Waals surface area (Å²) in [5.74, 6) is 1.51. The van der Waals surface area contributed by atoms with E-state index in [-0.39, 0.29) is 0 Å². The van der Waals surface area contributed by atoms with E-state index in [2.05, 4.69) is 32.8 Å². The molecule has 3 heterocycles. The molecule has 0 amide bonds. The summed E-state index contributed by atoms with van der Waals surface area (Å²) in [5.41, 5.74) is 6.40. The molecule has 0 bridgehead atoms. The van der Waals surface area contributed by atoms with Gasteiger partial charge in [-0.3, -0.25) is 0 Å². The molecule has 1 aliphatic rings. The lowest BCUT2D eigenvalue weighted by atomic mass is 9.96. The highest BCUT2D eigenvalue weighted by Gasteiger charge is 2.36. The van der Waals surface area contributed by atoms with Gasteiger partial charge >= 0.3 is 0 Å². The molecule has 6 rings (SSSR count). The molecule has 9 heteroatoms. The van der Waals surface area contributed by atoms with Crippen molar-refractivity contribution in [3.05, 3.63) is 108 Å². The number of nitrogens with zero attached hydrogens (tertiary/aromatic N) is 7. The first-order valence-corrected chi connectivity index (χ1v) is 12.7. The number of rotatable bonds is 8. The van der Waals surface area contributed by atoms with Crippen molar-refractivity contribution >= 4 is 0 Å². The number of hydrogen-bond donors (Lipinski definition) is 0. The number of fused-ring (bicyclic) bond motifs is 1. The number of benzene rings is 3. The first-order chi connectivity index (χ1) is 18.6. The van der Waals surface area contributed by atoms with Crippen LogP contribution in [0.3, 0.4) is 0 Å². The first kappa shape index (κ1) is 23.9. The summed E-state index contributed by atoms with van der Waals surface area (Å²) in [7, 11) is 3.36. The zero-order chi connectivity index (χ0) is 26.0. The molecule has 0 spiro atoms. The molecule has 38 heavy (non-hydrogen) atoms. The highest BCUT2D eigenvalue weighted by molar-refractivity contribution is 5.48. The van der Waals surface area contributed by atoms with Gasteiger partial charge in [0.25, 0.3) is 0 Å². The molecular weight excluding hydrogens is 478 g/mol. The molecule has 0 unspecified atom stereocenters. The molecule has 2 aromatic heterocycles. The van der Waals surface area contributed by atoms with Crippen LogP contribution in [-0.2, 0) is 26.1 Å². The third-order valence-corrected chi connectivity index (χ3v) is 7.18. The molecule has 0 aliphatic carbocycles. The monoisotopic (exact) mass is 508 g/mol. The van der Waals surface area contributed by atoms with Gasteiger partial charge in [-0.1, -0.05) is 46.8 Å². The second kappa shape index (κ2) is 10.1. The summed E-state index contributed by atoms with van der Waals surface area (Å²) in [6.45, 7) is 3.18. The highest BCUT2D eigenvalue weighted by atomic mass is 16.5. The molecule has 0 saturated carbocycles. The topological polar surface area (TPSA) is 79.9 Å². The predicted octanol–water partition coefficient (Wildman–Crippen LogP) is 4.14. The average molecular weight is 509 g/mol. The zero-order valence-corrected chi connectivity index (χ0v) is 21.6. The molecule has 5 aromatic rings. The summed E-state index contributed by atoms with van der Waals surface area (Å²) >= 11 is 0. The minimum Gasteiger partial charge on any atom is -0.493 e. The number of para-hydroxylation sites is 2. The van der Waals surface area contributed by atoms with Crippen LogP contribution in [0.25, 0.3) is 11.4 Å². The fourth-order valence-corrected chi connectivity index (χ4v) is 5.31. The second-order valence-electron chi connectivity index (χ2n) is 9.75. The molecule has 1 aliphatic heterocycles. The maximum atomic E-state index is 5.63. The number of hydrogen-bond acceptors (Lipinski definition) is 6. The van der Waals surface area contributed by atoms with Crippen molar-refractivity contribution in [2.75, 3.05) is 20.8 Å². The first-order valence-electron chi connectivity index (χ1n) is 12.7. The highest BCUT2D eigenvalue weighted by Crippen LogP contribution is 2.37. The SMILES string of the molecule is COc1cc2c(cc1OC)C[N+](Cc1cn(-c3ccccc3)nn1)(Cc1cn(-c3ccccc3)nn1)CC2. The van der Waals surface area contributed by atoms with Crippen LogP contribution >= 0.6 is 0 Å². The maximum absolute atomic E-state index is 5.63. The average Bonchev–Trinajstić information content (AvgIpc) is 3.63. The molecule has 0 fully saturated rings. The Hall–Kier alpha value is -4.50. The Morgan fingerprint density at radius 1 is 0.711 bits per heavy atom. The van der Waals surface area contributed by atoms with Gasteiger partial charge in [0.2, 0.25) is 0 Å². The lowest BCUT2D eigenvalue weighted by molar-refractivity contribution is -0.968. The smallest absolute Gasteiger partial charge is 0.161 e. The van der Waals surface area contributed by atoms with Crippen LogP contribution in [0.1, 0.15) is 22.5 Å². The number of aromatic nitrogens is 6. The van der Waals surface area contributed by atoms with Gasteiger partial charge < -0.3 is 14.0 Å². The van der Waals surface area contributed by atoms with Gasteiger partial charge in [0.15, 0.2) is 11.5 Å². The van der Waals surface area contributed by atoms with E-state index in [0.717, 1.165) is 71.3 Å². The summed E-state index contributed by atoms with van der Waals surface area (Å²) in [4.78, 5) is 0. The van der Waals surface area contributed by atoms with Crippen molar-refractivity contribution in [2.45, 2.75) is 26.1 Å². The van der Waals surface area contributed by atoms with Crippen LogP contribution in [0.15, 0.2) is 85.2 Å². The van der Waals surface area contributed by atoms with Gasteiger partial charge in [0.05, 0.1) is 44.5 Å². The van der Waals surface area contributed by atoms with Crippen molar-refractivity contribution in [1.82, 2.24) is 30.0 Å². The standard InChI is InChI=1S/C29H30N7O2/c1-37-28-15-22-13-14-36(19-23(22)16-29(28)38-2,20-24-17-34(32-30-24)26-9-5-3-6-10-26)21-25-18-35(33-31-25)27-11-7-4-8-12-27/h3-12,15-18H,13-14,19-21H2,1-2H3/q+1. The van der Waals surface area contributed by atoms with Crippen molar-refractivity contribution in [3.63, 3.8) is 0 Å². The molecule has 0 saturated heterocycles. The summed E-state index contributed by atoms with van der Waals surface area (Å²) < 4.78 is 15.6. The van der Waals surface area contributed by atoms with E-state index in [1.165, 1.54) is 11.1 Å². The molecular formula is C29H30N7O2+. The molecule has 0 atom stereocenters. The number of ether oxygens (including phenoxy) is 2. The van der Waals surface area contributed by atoms with E-state index >= 15 is 0 Å². The molecule has 9 nitrogen and oxygen atoms in total. The van der Waals surface area contributed by atoms with E-state index in [0.29, 0.717) is 0 Å². The van der Waals surface area contributed by atoms with Crippen LogP contribution in [0.2, 0.25) is 0 Å². The Morgan fingerprint density at radius 3 is 1.71 bits per heavy atom. The minimum absolute atomic E-state index is 0.721. The number of methoxy groups -OCH3 is 2. The van der Waals surface area contributed by atoms with Gasteiger partial charge in [-0.05, 0) is 42.0 Å². The van der Waals surface area contributed by atoms with E-state index in [1.54, 1.807) is 14.2 Å². The molecule has 0 N–H and O–H groups in total. The Labute approximate surface area is 221 Å². The van der Waals surface area contributed by atoms with Gasteiger partial charge in [0, 0.05) is 12.0 Å². The van der Waals surface area contributed by atoms with Gasteiger partial charge in [-0.15, -0.1) is 10.2 Å². The molecule has 3 aromatic carbocycles. The Balaban J connectivity index is 1.34. The minimum atomic E-state index is 0.721. The van der Waals surface area contributed by atoms with E-state index in [1.807, 2.05) is 82.4 Å². The van der Waals surface area contributed by atoms with Crippen LogP contribution < -0.4 is 9.47 Å². The van der Waals surface area contributed by atoms with E-state index in [9.17, 15) is 0 Å². The summed E-state index contributed by atoms with van der Waals surface area (Å²) in [6, 6.07) is 24.4.